The van der Waals surface area contributed by atoms with Crippen LogP contribution in [0.5, 0.6) is 0 Å². The minimum Gasteiger partial charge on any atom is -0.458 e. The van der Waals surface area contributed by atoms with Crippen LogP contribution in [0.15, 0.2) is 0 Å². The first-order chi connectivity index (χ1) is 4.84. The SMILES string of the molecule is C[CH]OC(=O)C1CNCN1. The number of nitrogens with one attached hydrogen (secondary N) is 2. The lowest BCUT2D eigenvalue weighted by molar-refractivity contribution is -0.141. The molecule has 0 aromatic rings. The third-order valence-corrected chi connectivity index (χ3v) is 1.34. The predicted octanol–water partition coefficient (Wildman–Crippen LogP) is -0.770. The molecule has 1 aliphatic heterocycles. The summed E-state index contributed by atoms with van der Waals surface area (Å²) in [6.07, 6.45) is 0. The molecule has 1 rings (SSSR count). The largest absolute Gasteiger partial charge is 0.458 e. The van der Waals surface area contributed by atoms with E-state index in [0.29, 0.717) is 13.2 Å². The van der Waals surface area contributed by atoms with Crippen molar-refractivity contribution in [2.75, 3.05) is 13.2 Å². The molecule has 1 fully saturated rings. The first-order valence-corrected chi connectivity index (χ1v) is 3.27. The Bertz CT molecular complexity index is 121. The van der Waals surface area contributed by atoms with E-state index >= 15 is 0 Å². The number of carbonyl (C=O) groups excluding carboxylic acids is 1. The van der Waals surface area contributed by atoms with Crippen LogP contribution in [-0.2, 0) is 9.53 Å². The van der Waals surface area contributed by atoms with E-state index in [0.717, 1.165) is 0 Å². The Balaban J connectivity index is 2.25. The molecular weight excluding hydrogens is 132 g/mol. The Morgan fingerprint density at radius 2 is 2.60 bits per heavy atom. The summed E-state index contributed by atoms with van der Waals surface area (Å²) >= 11 is 0. The summed E-state index contributed by atoms with van der Waals surface area (Å²) in [5.41, 5.74) is 0. The van der Waals surface area contributed by atoms with Gasteiger partial charge in [-0.25, -0.2) is 0 Å². The van der Waals surface area contributed by atoms with Gasteiger partial charge >= 0.3 is 5.97 Å². The molecule has 57 valence electrons. The first kappa shape index (κ1) is 7.50. The summed E-state index contributed by atoms with van der Waals surface area (Å²) in [5.74, 6) is -0.215. The second-order valence-electron chi connectivity index (χ2n) is 2.06. The molecule has 0 aliphatic carbocycles. The van der Waals surface area contributed by atoms with E-state index in [4.69, 9.17) is 0 Å². The molecule has 1 saturated heterocycles. The maximum atomic E-state index is 10.9. The average molecular weight is 143 g/mol. The van der Waals surface area contributed by atoms with Crippen molar-refractivity contribution in [1.29, 1.82) is 0 Å². The quantitative estimate of drug-likeness (QED) is 0.498. The smallest absolute Gasteiger partial charge is 0.324 e. The Labute approximate surface area is 59.9 Å². The van der Waals surface area contributed by atoms with E-state index in [1.54, 1.807) is 6.92 Å². The van der Waals surface area contributed by atoms with Crippen LogP contribution in [0.25, 0.3) is 0 Å². The van der Waals surface area contributed by atoms with Crippen molar-refractivity contribution < 1.29 is 9.53 Å². The molecule has 0 spiro atoms. The highest BCUT2D eigenvalue weighted by molar-refractivity contribution is 5.76. The third-order valence-electron chi connectivity index (χ3n) is 1.34. The van der Waals surface area contributed by atoms with Gasteiger partial charge in [-0.15, -0.1) is 0 Å². The van der Waals surface area contributed by atoms with Crippen LogP contribution < -0.4 is 10.6 Å². The van der Waals surface area contributed by atoms with Crippen LogP contribution in [0.1, 0.15) is 6.92 Å². The van der Waals surface area contributed by atoms with Gasteiger partial charge in [0.15, 0.2) is 0 Å². The Hall–Kier alpha value is -0.610. The van der Waals surface area contributed by atoms with Gasteiger partial charge < -0.3 is 10.1 Å². The monoisotopic (exact) mass is 143 g/mol. The average Bonchev–Trinajstić information content (AvgIpc) is 2.38. The Kier molecular flexibility index (Phi) is 2.65. The number of esters is 1. The number of hydrogen-bond donors (Lipinski definition) is 2. The molecule has 4 nitrogen and oxygen atoms in total. The molecule has 1 atom stereocenters. The highest BCUT2D eigenvalue weighted by Crippen LogP contribution is 1.92. The van der Waals surface area contributed by atoms with Crippen molar-refractivity contribution in [2.45, 2.75) is 13.0 Å². The standard InChI is InChI=1S/C6H11N2O2/c1-2-10-6(9)5-3-7-4-8-5/h2,5,7-8H,3-4H2,1H3. The van der Waals surface area contributed by atoms with Gasteiger partial charge in [0.05, 0.1) is 0 Å². The van der Waals surface area contributed by atoms with Crippen LogP contribution in [0.3, 0.4) is 0 Å². The second-order valence-corrected chi connectivity index (χ2v) is 2.06. The molecule has 2 N–H and O–H groups in total. The molecule has 10 heavy (non-hydrogen) atoms. The topological polar surface area (TPSA) is 50.4 Å². The minimum absolute atomic E-state index is 0.170. The number of carbonyl (C=O) groups is 1. The zero-order valence-electron chi connectivity index (χ0n) is 5.89. The van der Waals surface area contributed by atoms with Gasteiger partial charge in [0.1, 0.15) is 12.6 Å². The van der Waals surface area contributed by atoms with Crippen molar-refractivity contribution in [3.05, 3.63) is 6.61 Å². The zero-order valence-corrected chi connectivity index (χ0v) is 5.89. The lowest BCUT2D eigenvalue weighted by Crippen LogP contribution is -2.34. The van der Waals surface area contributed by atoms with Gasteiger partial charge in [-0.2, -0.15) is 0 Å². The molecule has 1 unspecified atom stereocenters. The van der Waals surface area contributed by atoms with Crippen molar-refractivity contribution in [3.63, 3.8) is 0 Å². The summed E-state index contributed by atoms with van der Waals surface area (Å²) < 4.78 is 4.66. The molecule has 0 bridgehead atoms. The maximum absolute atomic E-state index is 10.9. The lowest BCUT2D eigenvalue weighted by Gasteiger charge is -2.05. The van der Waals surface area contributed by atoms with Crippen molar-refractivity contribution in [3.8, 4) is 0 Å². The molecule has 1 aliphatic rings. The van der Waals surface area contributed by atoms with Gasteiger partial charge in [-0.1, -0.05) is 0 Å². The summed E-state index contributed by atoms with van der Waals surface area (Å²) in [5, 5.41) is 5.92. The fourth-order valence-electron chi connectivity index (χ4n) is 0.849. The van der Waals surface area contributed by atoms with E-state index in [1.807, 2.05) is 0 Å². The third kappa shape index (κ3) is 1.68. The fourth-order valence-corrected chi connectivity index (χ4v) is 0.849. The lowest BCUT2D eigenvalue weighted by atomic mass is 10.3. The summed E-state index contributed by atoms with van der Waals surface area (Å²) in [7, 11) is 0. The van der Waals surface area contributed by atoms with Crippen LogP contribution >= 0.6 is 0 Å². The number of rotatable bonds is 2. The van der Waals surface area contributed by atoms with E-state index < -0.39 is 0 Å². The Morgan fingerprint density at radius 3 is 3.10 bits per heavy atom. The van der Waals surface area contributed by atoms with E-state index in [-0.39, 0.29) is 12.0 Å². The van der Waals surface area contributed by atoms with Crippen LogP contribution in [0.2, 0.25) is 0 Å². The van der Waals surface area contributed by atoms with Crippen LogP contribution in [0.4, 0.5) is 0 Å². The maximum Gasteiger partial charge on any atom is 0.324 e. The van der Waals surface area contributed by atoms with Gasteiger partial charge in [0, 0.05) is 13.2 Å². The predicted molar refractivity (Wildman–Crippen MR) is 35.9 cm³/mol. The van der Waals surface area contributed by atoms with Gasteiger partial charge in [-0.3, -0.25) is 10.1 Å². The fraction of sp³-hybridized carbons (Fsp3) is 0.667. The summed E-state index contributed by atoms with van der Waals surface area (Å²) in [6, 6.07) is -0.170. The van der Waals surface area contributed by atoms with Gasteiger partial charge in [-0.05, 0) is 6.92 Å². The molecule has 1 radical (unpaired) electrons. The summed E-state index contributed by atoms with van der Waals surface area (Å²) in [6.45, 7) is 4.42. The molecular formula is C6H11N2O2. The second kappa shape index (κ2) is 3.53. The van der Waals surface area contributed by atoms with Crippen molar-refractivity contribution in [2.24, 2.45) is 0 Å². The molecule has 0 amide bonds. The highest BCUT2D eigenvalue weighted by Gasteiger charge is 2.22. The molecule has 4 heteroatoms. The number of hydrogen-bond acceptors (Lipinski definition) is 4. The van der Waals surface area contributed by atoms with Gasteiger partial charge in [0.2, 0.25) is 0 Å². The highest BCUT2D eigenvalue weighted by atomic mass is 16.5. The molecule has 0 aromatic carbocycles. The Morgan fingerprint density at radius 1 is 1.80 bits per heavy atom. The normalized spacial score (nSPS) is 24.7. The zero-order chi connectivity index (χ0) is 7.40. The van der Waals surface area contributed by atoms with E-state index in [9.17, 15) is 4.79 Å². The van der Waals surface area contributed by atoms with E-state index in [2.05, 4.69) is 15.4 Å². The molecule has 0 saturated carbocycles. The minimum atomic E-state index is -0.215. The van der Waals surface area contributed by atoms with E-state index in [1.165, 1.54) is 6.61 Å². The van der Waals surface area contributed by atoms with Gasteiger partial charge in [0.25, 0.3) is 0 Å². The van der Waals surface area contributed by atoms with Crippen LogP contribution in [0, 0.1) is 6.61 Å². The first-order valence-electron chi connectivity index (χ1n) is 3.27. The van der Waals surface area contributed by atoms with Crippen molar-refractivity contribution in [1.82, 2.24) is 10.6 Å². The van der Waals surface area contributed by atoms with Crippen molar-refractivity contribution >= 4 is 5.97 Å². The van der Waals surface area contributed by atoms with Crippen LogP contribution in [-0.4, -0.2) is 25.2 Å². The molecule has 1 heterocycles. The summed E-state index contributed by atoms with van der Waals surface area (Å²) in [4.78, 5) is 10.9. The molecule has 0 aromatic heterocycles. The number of ether oxygens (including phenoxy) is 1.